The molecule has 0 aliphatic carbocycles. The minimum atomic E-state index is -0.721. The normalized spacial score (nSPS) is 10.2. The monoisotopic (exact) mass is 279 g/mol. The van der Waals surface area contributed by atoms with E-state index in [4.69, 9.17) is 4.74 Å². The molecule has 20 heavy (non-hydrogen) atoms. The molecule has 0 bridgehead atoms. The minimum absolute atomic E-state index is 0.0751. The lowest BCUT2D eigenvalue weighted by Gasteiger charge is -2.06. The molecule has 1 aromatic carbocycles. The zero-order valence-electron chi connectivity index (χ0n) is 10.3. The molecule has 0 unspecified atom stereocenters. The summed E-state index contributed by atoms with van der Waals surface area (Å²) in [4.78, 5) is 23.5. The maximum Gasteiger partial charge on any atom is 0.490 e. The molecule has 2 rings (SSSR count). The molecule has 0 amide bonds. The van der Waals surface area contributed by atoms with Gasteiger partial charge in [-0.15, -0.1) is 0 Å². The minimum Gasteiger partial charge on any atom is -0.496 e. The summed E-state index contributed by atoms with van der Waals surface area (Å²) < 4.78 is 6.30. The predicted molar refractivity (Wildman–Crippen MR) is 65.4 cm³/mol. The van der Waals surface area contributed by atoms with E-state index in [1.807, 2.05) is 0 Å². The highest BCUT2D eigenvalue weighted by atomic mass is 16.6. The van der Waals surface area contributed by atoms with Gasteiger partial charge in [0.05, 0.1) is 18.6 Å². The van der Waals surface area contributed by atoms with Gasteiger partial charge in [0.25, 0.3) is 5.69 Å². The summed E-state index contributed by atoms with van der Waals surface area (Å²) in [5.41, 5.74) is 0.372. The fourth-order valence-electron chi connectivity index (χ4n) is 1.62. The maximum absolute atomic E-state index is 10.7. The van der Waals surface area contributed by atoms with Crippen LogP contribution in [-0.2, 0) is 6.54 Å². The molecule has 0 radical (unpaired) electrons. The molecule has 2 aromatic rings. The average molecular weight is 279 g/mol. The molecule has 0 atom stereocenters. The Morgan fingerprint density at radius 2 is 2.05 bits per heavy atom. The van der Waals surface area contributed by atoms with Gasteiger partial charge < -0.3 is 14.9 Å². The van der Waals surface area contributed by atoms with Crippen molar-refractivity contribution in [3.63, 3.8) is 0 Å². The molecule has 10 heteroatoms. The summed E-state index contributed by atoms with van der Waals surface area (Å²) in [6.45, 7) is 0.0751. The van der Waals surface area contributed by atoms with E-state index in [0.29, 0.717) is 11.3 Å². The smallest absolute Gasteiger partial charge is 0.490 e. The van der Waals surface area contributed by atoms with Crippen molar-refractivity contribution in [3.05, 3.63) is 50.3 Å². The zero-order chi connectivity index (χ0) is 14.7. The Kier molecular flexibility index (Phi) is 3.55. The second-order valence-corrected chi connectivity index (χ2v) is 3.75. The summed E-state index contributed by atoms with van der Waals surface area (Å²) in [5, 5.41) is 24.9. The third kappa shape index (κ3) is 2.68. The summed E-state index contributed by atoms with van der Waals surface area (Å²) in [6.07, 6.45) is 1.18. The standard InChI is InChI=1S/C10H9N5O5/c1-20-9-3-2-8(14(16)17)4-7(9)5-13-6-11-10(12-13)15(18)19/h2-4,6H,5H2,1H3. The fraction of sp³-hybridized carbons (Fsp3) is 0.200. The van der Waals surface area contributed by atoms with Crippen molar-refractivity contribution in [1.29, 1.82) is 0 Å². The number of aromatic nitrogens is 3. The van der Waals surface area contributed by atoms with Crippen molar-refractivity contribution in [3.8, 4) is 5.75 Å². The highest BCUT2D eigenvalue weighted by molar-refractivity contribution is 5.43. The van der Waals surface area contributed by atoms with E-state index in [1.54, 1.807) is 0 Å². The third-order valence-corrected chi connectivity index (χ3v) is 2.49. The number of hydrogen-bond donors (Lipinski definition) is 0. The molecule has 1 heterocycles. The largest absolute Gasteiger partial charge is 0.496 e. The van der Waals surface area contributed by atoms with E-state index >= 15 is 0 Å². The van der Waals surface area contributed by atoms with Crippen molar-refractivity contribution < 1.29 is 14.6 Å². The quantitative estimate of drug-likeness (QED) is 0.593. The first-order valence-electron chi connectivity index (χ1n) is 5.36. The highest BCUT2D eigenvalue weighted by Gasteiger charge is 2.16. The van der Waals surface area contributed by atoms with Gasteiger partial charge in [0.15, 0.2) is 0 Å². The predicted octanol–water partition coefficient (Wildman–Crippen LogP) is 1.15. The first-order valence-corrected chi connectivity index (χ1v) is 5.36. The number of ether oxygens (including phenoxy) is 1. The first kappa shape index (κ1) is 13.4. The number of benzene rings is 1. The van der Waals surface area contributed by atoms with Crippen molar-refractivity contribution >= 4 is 11.6 Å². The average Bonchev–Trinajstić information content (AvgIpc) is 2.87. The number of rotatable bonds is 5. The summed E-state index contributed by atoms with van der Waals surface area (Å²) in [5.74, 6) is -0.108. The van der Waals surface area contributed by atoms with Crippen molar-refractivity contribution in [2.24, 2.45) is 0 Å². The number of nitro benzene ring substituents is 1. The van der Waals surface area contributed by atoms with Crippen LogP contribution in [0.4, 0.5) is 11.6 Å². The fourth-order valence-corrected chi connectivity index (χ4v) is 1.62. The number of nitrogens with zero attached hydrogens (tertiary/aromatic N) is 5. The molecule has 0 aliphatic rings. The number of methoxy groups -OCH3 is 1. The van der Waals surface area contributed by atoms with Crippen LogP contribution in [0, 0.1) is 20.2 Å². The van der Waals surface area contributed by atoms with Crippen LogP contribution in [-0.4, -0.2) is 31.7 Å². The Morgan fingerprint density at radius 3 is 2.60 bits per heavy atom. The molecule has 0 saturated heterocycles. The van der Waals surface area contributed by atoms with Crippen LogP contribution in [0.2, 0.25) is 0 Å². The van der Waals surface area contributed by atoms with E-state index in [1.165, 1.54) is 36.3 Å². The Morgan fingerprint density at radius 1 is 1.30 bits per heavy atom. The van der Waals surface area contributed by atoms with Gasteiger partial charge in [0, 0.05) is 22.8 Å². The van der Waals surface area contributed by atoms with Crippen LogP contribution in [0.25, 0.3) is 0 Å². The van der Waals surface area contributed by atoms with Gasteiger partial charge in [0.2, 0.25) is 6.33 Å². The van der Waals surface area contributed by atoms with Gasteiger partial charge in [-0.25, -0.2) is 0 Å². The number of hydrogen-bond acceptors (Lipinski definition) is 7. The van der Waals surface area contributed by atoms with E-state index in [0.717, 1.165) is 0 Å². The van der Waals surface area contributed by atoms with E-state index in [2.05, 4.69) is 10.1 Å². The second kappa shape index (κ2) is 5.30. The molecule has 1 aromatic heterocycles. The molecule has 0 aliphatic heterocycles. The SMILES string of the molecule is COc1ccc([N+](=O)[O-])cc1Cn1cnc([N+](=O)[O-])n1. The van der Waals surface area contributed by atoms with Gasteiger partial charge >= 0.3 is 5.95 Å². The lowest BCUT2D eigenvalue weighted by Crippen LogP contribution is -2.04. The Balaban J connectivity index is 2.32. The highest BCUT2D eigenvalue weighted by Crippen LogP contribution is 2.24. The van der Waals surface area contributed by atoms with Crippen LogP contribution in [0.3, 0.4) is 0 Å². The molecule has 0 N–H and O–H groups in total. The summed E-state index contributed by atoms with van der Waals surface area (Å²) in [7, 11) is 1.43. The molecule has 0 fully saturated rings. The number of nitro groups is 2. The molecule has 10 nitrogen and oxygen atoms in total. The van der Waals surface area contributed by atoms with Gasteiger partial charge in [0.1, 0.15) is 5.75 Å². The molecule has 0 spiro atoms. The van der Waals surface area contributed by atoms with Crippen molar-refractivity contribution in [2.75, 3.05) is 7.11 Å². The Hall–Kier alpha value is -3.04. The lowest BCUT2D eigenvalue weighted by atomic mass is 10.2. The molecular formula is C10H9N5O5. The van der Waals surface area contributed by atoms with Gasteiger partial charge in [-0.3, -0.25) is 10.1 Å². The van der Waals surface area contributed by atoms with Crippen LogP contribution in [0.5, 0.6) is 5.75 Å². The van der Waals surface area contributed by atoms with Crippen LogP contribution < -0.4 is 4.74 Å². The third-order valence-electron chi connectivity index (χ3n) is 2.49. The van der Waals surface area contributed by atoms with Gasteiger partial charge in [-0.1, -0.05) is 4.98 Å². The Bertz CT molecular complexity index is 668. The number of non-ortho nitro benzene ring substituents is 1. The second-order valence-electron chi connectivity index (χ2n) is 3.75. The van der Waals surface area contributed by atoms with Crippen molar-refractivity contribution in [2.45, 2.75) is 6.54 Å². The van der Waals surface area contributed by atoms with Crippen LogP contribution in [0.1, 0.15) is 5.56 Å². The van der Waals surface area contributed by atoms with E-state index in [-0.39, 0.29) is 12.2 Å². The topological polar surface area (TPSA) is 126 Å². The Labute approximate surface area is 111 Å². The van der Waals surface area contributed by atoms with Crippen molar-refractivity contribution in [1.82, 2.24) is 14.8 Å². The van der Waals surface area contributed by atoms with Gasteiger partial charge in [-0.05, 0) is 11.0 Å². The van der Waals surface area contributed by atoms with Gasteiger partial charge in [-0.2, -0.15) is 4.68 Å². The van der Waals surface area contributed by atoms with E-state index < -0.39 is 15.8 Å². The first-order chi connectivity index (χ1) is 9.51. The van der Waals surface area contributed by atoms with E-state index in [9.17, 15) is 20.2 Å². The lowest BCUT2D eigenvalue weighted by molar-refractivity contribution is -0.394. The molecule has 104 valence electrons. The van der Waals surface area contributed by atoms with Crippen LogP contribution in [0.15, 0.2) is 24.5 Å². The summed E-state index contributed by atoms with van der Waals surface area (Å²) in [6, 6.07) is 4.09. The molecular weight excluding hydrogens is 270 g/mol. The zero-order valence-corrected chi connectivity index (χ0v) is 10.3. The molecule has 0 saturated carbocycles. The maximum atomic E-state index is 10.7. The summed E-state index contributed by atoms with van der Waals surface area (Å²) >= 11 is 0. The van der Waals surface area contributed by atoms with Crippen LogP contribution >= 0.6 is 0 Å².